The third-order valence-electron chi connectivity index (χ3n) is 5.17. The first-order valence-corrected chi connectivity index (χ1v) is 9.19. The van der Waals surface area contributed by atoms with Crippen LogP contribution in [0.1, 0.15) is 39.7 Å². The van der Waals surface area contributed by atoms with Crippen LogP contribution in [0.5, 0.6) is 0 Å². The first-order valence-electron chi connectivity index (χ1n) is 9.19. The number of amides is 1. The Kier molecular flexibility index (Phi) is 5.40. The molecule has 0 saturated carbocycles. The molecule has 6 heteroatoms. The lowest BCUT2D eigenvalue weighted by Crippen LogP contribution is -2.38. The van der Waals surface area contributed by atoms with E-state index in [1.165, 1.54) is 5.57 Å². The van der Waals surface area contributed by atoms with Gasteiger partial charge in [0.15, 0.2) is 5.82 Å². The summed E-state index contributed by atoms with van der Waals surface area (Å²) in [7, 11) is 0. The number of hydrogen-bond acceptors (Lipinski definition) is 4. The molecule has 0 bridgehead atoms. The van der Waals surface area contributed by atoms with Gasteiger partial charge in [-0.15, -0.1) is 0 Å². The van der Waals surface area contributed by atoms with E-state index in [1.54, 1.807) is 6.20 Å². The van der Waals surface area contributed by atoms with Gasteiger partial charge in [-0.05, 0) is 39.7 Å². The molecule has 1 amide bonds. The van der Waals surface area contributed by atoms with Crippen molar-refractivity contribution >= 4 is 22.6 Å². The highest BCUT2D eigenvalue weighted by Gasteiger charge is 2.26. The number of carbonyl (C=O) groups excluding carboxylic acids is 1. The van der Waals surface area contributed by atoms with Crippen molar-refractivity contribution in [2.24, 2.45) is 11.7 Å². The van der Waals surface area contributed by atoms with Gasteiger partial charge >= 0.3 is 0 Å². The first kappa shape index (κ1) is 18.2. The first-order chi connectivity index (χ1) is 12.5. The van der Waals surface area contributed by atoms with E-state index in [2.05, 4.69) is 42.0 Å². The van der Waals surface area contributed by atoms with Crippen molar-refractivity contribution < 1.29 is 4.79 Å². The van der Waals surface area contributed by atoms with Crippen LogP contribution in [0.25, 0.3) is 10.9 Å². The van der Waals surface area contributed by atoms with Crippen LogP contribution in [0.4, 0.5) is 5.82 Å². The molecule has 1 aliphatic heterocycles. The van der Waals surface area contributed by atoms with Crippen molar-refractivity contribution in [3.05, 3.63) is 42.3 Å². The van der Waals surface area contributed by atoms with Gasteiger partial charge in [0.05, 0.1) is 17.8 Å². The number of allylic oxidation sites excluding steroid dienone is 4. The van der Waals surface area contributed by atoms with Gasteiger partial charge in [-0.1, -0.05) is 23.8 Å². The minimum atomic E-state index is -0.192. The van der Waals surface area contributed by atoms with Crippen molar-refractivity contribution in [1.82, 2.24) is 14.8 Å². The predicted molar refractivity (Wildman–Crippen MR) is 105 cm³/mol. The van der Waals surface area contributed by atoms with Crippen LogP contribution in [0.3, 0.4) is 0 Å². The summed E-state index contributed by atoms with van der Waals surface area (Å²) in [6.45, 7) is 7.83. The van der Waals surface area contributed by atoms with Gasteiger partial charge in [-0.25, -0.2) is 0 Å². The highest BCUT2D eigenvalue weighted by Crippen LogP contribution is 2.31. The van der Waals surface area contributed by atoms with Crippen LogP contribution < -0.4 is 10.6 Å². The molecule has 1 atom stereocenters. The van der Waals surface area contributed by atoms with E-state index in [-0.39, 0.29) is 17.9 Å². The van der Waals surface area contributed by atoms with Gasteiger partial charge in [0.1, 0.15) is 0 Å². The molecule has 1 unspecified atom stereocenters. The molecule has 1 aliphatic rings. The minimum Gasteiger partial charge on any atom is -0.369 e. The van der Waals surface area contributed by atoms with Crippen LogP contribution >= 0.6 is 0 Å². The van der Waals surface area contributed by atoms with Crippen molar-refractivity contribution in [2.75, 3.05) is 18.0 Å². The fraction of sp³-hybridized carbons (Fsp3) is 0.450. The van der Waals surface area contributed by atoms with E-state index >= 15 is 0 Å². The summed E-state index contributed by atoms with van der Waals surface area (Å²) in [6.07, 6.45) is 11.6. The molecule has 3 heterocycles. The number of hydrogen-bond donors (Lipinski definition) is 1. The fourth-order valence-electron chi connectivity index (χ4n) is 3.36. The van der Waals surface area contributed by atoms with Gasteiger partial charge in [0.2, 0.25) is 5.91 Å². The molecule has 1 fully saturated rings. The molecular formula is C20H27N5O. The lowest BCUT2D eigenvalue weighted by Gasteiger charge is -2.30. The highest BCUT2D eigenvalue weighted by atomic mass is 16.1. The lowest BCUT2D eigenvalue weighted by molar-refractivity contribution is -0.122. The molecule has 0 aromatic carbocycles. The summed E-state index contributed by atoms with van der Waals surface area (Å²) in [5, 5.41) is 6.00. The maximum atomic E-state index is 11.4. The number of anilines is 1. The number of nitrogens with two attached hydrogens (primary N) is 1. The van der Waals surface area contributed by atoms with Crippen LogP contribution in [0, 0.1) is 5.92 Å². The Morgan fingerprint density at radius 2 is 2.12 bits per heavy atom. The number of primary amides is 1. The number of fused-ring (bicyclic) bond motifs is 1. The molecule has 3 rings (SSSR count). The summed E-state index contributed by atoms with van der Waals surface area (Å²) >= 11 is 0. The largest absolute Gasteiger partial charge is 0.369 e. The monoisotopic (exact) mass is 353 g/mol. The maximum absolute atomic E-state index is 11.4. The standard InChI is InChI=1S/C20H27N5O/c1-4-14(2)5-6-15(3)25-18-13-22-10-7-17(18)20(23-25)24-11-8-16(9-12-24)19(21)26/h4-7,10,13,15-16H,8-9,11-12H2,1-3H3,(H2,21,26)/b6-5-,14-4-. The third kappa shape index (κ3) is 3.64. The fourth-order valence-corrected chi connectivity index (χ4v) is 3.36. The van der Waals surface area contributed by atoms with Gasteiger partial charge in [-0.2, -0.15) is 5.10 Å². The maximum Gasteiger partial charge on any atom is 0.220 e. The molecule has 0 aliphatic carbocycles. The zero-order valence-electron chi connectivity index (χ0n) is 15.7. The Morgan fingerprint density at radius 1 is 1.38 bits per heavy atom. The van der Waals surface area contributed by atoms with Crippen molar-refractivity contribution in [3.63, 3.8) is 0 Å². The molecular weight excluding hydrogens is 326 g/mol. The number of rotatable bonds is 5. The van der Waals surface area contributed by atoms with Gasteiger partial charge in [0.25, 0.3) is 0 Å². The van der Waals surface area contributed by atoms with Crippen LogP contribution in [-0.2, 0) is 4.79 Å². The van der Waals surface area contributed by atoms with E-state index in [9.17, 15) is 4.79 Å². The van der Waals surface area contributed by atoms with Crippen molar-refractivity contribution in [1.29, 1.82) is 0 Å². The lowest BCUT2D eigenvalue weighted by atomic mass is 9.96. The Morgan fingerprint density at radius 3 is 2.77 bits per heavy atom. The zero-order chi connectivity index (χ0) is 18.7. The van der Waals surface area contributed by atoms with E-state index in [1.807, 2.05) is 23.9 Å². The number of aromatic nitrogens is 3. The van der Waals surface area contributed by atoms with Crippen molar-refractivity contribution in [3.8, 4) is 0 Å². The molecule has 2 aromatic heterocycles. The zero-order valence-corrected chi connectivity index (χ0v) is 15.7. The number of carbonyl (C=O) groups is 1. The van der Waals surface area contributed by atoms with E-state index < -0.39 is 0 Å². The van der Waals surface area contributed by atoms with E-state index in [0.717, 1.165) is 42.7 Å². The molecule has 6 nitrogen and oxygen atoms in total. The minimum absolute atomic E-state index is 0.0214. The van der Waals surface area contributed by atoms with Crippen molar-refractivity contribution in [2.45, 2.75) is 39.7 Å². The Hall–Kier alpha value is -2.63. The second-order valence-electron chi connectivity index (χ2n) is 6.96. The van der Waals surface area contributed by atoms with Crippen LogP contribution in [0.15, 0.2) is 42.3 Å². The molecule has 26 heavy (non-hydrogen) atoms. The quantitative estimate of drug-likeness (QED) is 0.837. The van der Waals surface area contributed by atoms with Gasteiger partial charge in [-0.3, -0.25) is 14.5 Å². The summed E-state index contributed by atoms with van der Waals surface area (Å²) in [5.74, 6) is 0.752. The molecule has 2 N–H and O–H groups in total. The van der Waals surface area contributed by atoms with E-state index in [4.69, 9.17) is 10.8 Å². The van der Waals surface area contributed by atoms with Crippen LogP contribution in [-0.4, -0.2) is 33.8 Å². The summed E-state index contributed by atoms with van der Waals surface area (Å²) < 4.78 is 2.03. The SMILES string of the molecule is C/C=C(C)\C=C/C(C)n1nc(N2CCC(C(N)=O)CC2)c2ccncc21. The molecule has 138 valence electrons. The molecule has 0 spiro atoms. The van der Waals surface area contributed by atoms with Gasteiger partial charge < -0.3 is 10.6 Å². The average Bonchev–Trinajstić information content (AvgIpc) is 3.05. The summed E-state index contributed by atoms with van der Waals surface area (Å²) in [5.41, 5.74) is 7.70. The Balaban J connectivity index is 1.91. The smallest absolute Gasteiger partial charge is 0.220 e. The Bertz CT molecular complexity index is 843. The third-order valence-corrected chi connectivity index (χ3v) is 5.17. The van der Waals surface area contributed by atoms with E-state index in [0.29, 0.717) is 0 Å². The number of nitrogens with zero attached hydrogens (tertiary/aromatic N) is 4. The predicted octanol–water partition coefficient (Wildman–Crippen LogP) is 3.22. The second-order valence-corrected chi connectivity index (χ2v) is 6.96. The van der Waals surface area contributed by atoms with Crippen LogP contribution in [0.2, 0.25) is 0 Å². The number of piperidine rings is 1. The number of pyridine rings is 1. The topological polar surface area (TPSA) is 77.0 Å². The second kappa shape index (κ2) is 7.72. The average molecular weight is 353 g/mol. The summed E-state index contributed by atoms with van der Waals surface area (Å²) in [6, 6.07) is 2.13. The summed E-state index contributed by atoms with van der Waals surface area (Å²) in [4.78, 5) is 18.0. The molecule has 2 aromatic rings. The molecule has 0 radical (unpaired) electrons. The molecule has 1 saturated heterocycles. The normalized spacial score (nSPS) is 18.0. The Labute approximate surface area is 154 Å². The van der Waals surface area contributed by atoms with Gasteiger partial charge in [0, 0.05) is 30.6 Å². The highest BCUT2D eigenvalue weighted by molar-refractivity contribution is 5.90.